The van der Waals surface area contributed by atoms with E-state index in [4.69, 9.17) is 5.73 Å². The first-order valence-electron chi connectivity index (χ1n) is 7.73. The number of rotatable bonds is 4. The van der Waals surface area contributed by atoms with Gasteiger partial charge in [-0.05, 0) is 37.3 Å². The molecule has 0 aromatic carbocycles. The van der Waals surface area contributed by atoms with Gasteiger partial charge in [0.05, 0.1) is 5.56 Å². The van der Waals surface area contributed by atoms with Gasteiger partial charge in [-0.25, -0.2) is 4.98 Å². The second-order valence-corrected chi connectivity index (χ2v) is 6.49. The summed E-state index contributed by atoms with van der Waals surface area (Å²) in [4.78, 5) is 30.0. The summed E-state index contributed by atoms with van der Waals surface area (Å²) in [5, 5.41) is 7.56. The Morgan fingerprint density at radius 2 is 2.12 bits per heavy atom. The van der Waals surface area contributed by atoms with Crippen molar-refractivity contribution in [3.63, 3.8) is 0 Å². The van der Waals surface area contributed by atoms with Crippen LogP contribution >= 0.6 is 11.8 Å². The Morgan fingerprint density at radius 1 is 1.38 bits per heavy atom. The predicted molar refractivity (Wildman–Crippen MR) is 91.0 cm³/mol. The van der Waals surface area contributed by atoms with Gasteiger partial charge < -0.3 is 10.6 Å². The molecule has 1 aliphatic rings. The molecule has 0 aliphatic carbocycles. The van der Waals surface area contributed by atoms with E-state index in [1.165, 1.54) is 11.8 Å². The molecule has 2 aromatic heterocycles. The fourth-order valence-corrected chi connectivity index (χ4v) is 3.49. The first-order valence-corrected chi connectivity index (χ1v) is 8.96. The highest BCUT2D eigenvalue weighted by molar-refractivity contribution is 7.98. The number of nitrogens with two attached hydrogens (primary N) is 1. The number of carbonyl (C=O) groups is 2. The lowest BCUT2D eigenvalue weighted by molar-refractivity contribution is 0.0707. The third kappa shape index (κ3) is 3.28. The first-order chi connectivity index (χ1) is 11.6. The standard InChI is InChI=1S/C16H19N5O2S/c1-24-15-11(3-2-6-18-15)16(23)21-7-4-10(5-8-21)12-9-13(14(17)22)20-19-12/h2-3,6,9-10H,4-5,7-8H2,1H3,(H2,17,22)(H,19,20). The smallest absolute Gasteiger partial charge is 0.269 e. The van der Waals surface area contributed by atoms with Crippen LogP contribution in [0, 0.1) is 0 Å². The second-order valence-electron chi connectivity index (χ2n) is 5.70. The molecule has 2 amide bonds. The van der Waals surface area contributed by atoms with E-state index in [2.05, 4.69) is 15.2 Å². The number of aromatic amines is 1. The van der Waals surface area contributed by atoms with Gasteiger partial charge in [-0.3, -0.25) is 14.7 Å². The van der Waals surface area contributed by atoms with E-state index >= 15 is 0 Å². The van der Waals surface area contributed by atoms with E-state index in [0.717, 1.165) is 23.6 Å². The van der Waals surface area contributed by atoms with Gasteiger partial charge in [-0.2, -0.15) is 5.10 Å². The van der Waals surface area contributed by atoms with E-state index in [1.54, 1.807) is 18.3 Å². The Balaban J connectivity index is 1.66. The monoisotopic (exact) mass is 345 g/mol. The average molecular weight is 345 g/mol. The minimum Gasteiger partial charge on any atom is -0.364 e. The Labute approximate surface area is 144 Å². The molecule has 0 saturated carbocycles. The topological polar surface area (TPSA) is 105 Å². The molecule has 3 heterocycles. The minimum absolute atomic E-state index is 0.0216. The Bertz CT molecular complexity index is 752. The number of hydrogen-bond acceptors (Lipinski definition) is 5. The van der Waals surface area contributed by atoms with Crippen LogP contribution in [0.25, 0.3) is 0 Å². The number of nitrogens with zero attached hydrogens (tertiary/aromatic N) is 3. The van der Waals surface area contributed by atoms with E-state index in [9.17, 15) is 9.59 Å². The number of carbonyl (C=O) groups excluding carboxylic acids is 2. The summed E-state index contributed by atoms with van der Waals surface area (Å²) < 4.78 is 0. The van der Waals surface area contributed by atoms with Crippen LogP contribution in [0.4, 0.5) is 0 Å². The summed E-state index contributed by atoms with van der Waals surface area (Å²) in [5.74, 6) is -0.261. The third-order valence-electron chi connectivity index (χ3n) is 4.27. The normalized spacial score (nSPS) is 15.5. The molecular formula is C16H19N5O2S. The van der Waals surface area contributed by atoms with Gasteiger partial charge in [0, 0.05) is 30.9 Å². The molecule has 1 aliphatic heterocycles. The van der Waals surface area contributed by atoms with Crippen LogP contribution in [-0.4, -0.2) is 51.2 Å². The van der Waals surface area contributed by atoms with Crippen molar-refractivity contribution >= 4 is 23.6 Å². The van der Waals surface area contributed by atoms with Gasteiger partial charge in [0.25, 0.3) is 11.8 Å². The summed E-state index contributed by atoms with van der Waals surface area (Å²) in [6.07, 6.45) is 5.26. The van der Waals surface area contributed by atoms with Gasteiger partial charge >= 0.3 is 0 Å². The molecule has 0 bridgehead atoms. The van der Waals surface area contributed by atoms with Crippen LogP contribution in [0.2, 0.25) is 0 Å². The number of pyridine rings is 1. The molecule has 0 spiro atoms. The number of hydrogen-bond donors (Lipinski definition) is 2. The van der Waals surface area contributed by atoms with Crippen molar-refractivity contribution in [3.8, 4) is 0 Å². The molecule has 1 fully saturated rings. The van der Waals surface area contributed by atoms with Gasteiger partial charge in [-0.1, -0.05) is 0 Å². The lowest BCUT2D eigenvalue weighted by Gasteiger charge is -2.31. The van der Waals surface area contributed by atoms with Crippen molar-refractivity contribution < 1.29 is 9.59 Å². The van der Waals surface area contributed by atoms with Crippen LogP contribution in [0.1, 0.15) is 45.3 Å². The molecule has 0 atom stereocenters. The summed E-state index contributed by atoms with van der Waals surface area (Å²) in [6.45, 7) is 1.33. The molecule has 3 N–H and O–H groups in total. The Hall–Kier alpha value is -2.35. The summed E-state index contributed by atoms with van der Waals surface area (Å²) in [5.41, 5.74) is 7.04. The fraction of sp³-hybridized carbons (Fsp3) is 0.375. The van der Waals surface area contributed by atoms with Gasteiger partial charge in [0.1, 0.15) is 10.7 Å². The molecule has 0 radical (unpaired) electrons. The van der Waals surface area contributed by atoms with Crippen LogP contribution in [0.15, 0.2) is 29.4 Å². The number of amides is 2. The number of piperidine rings is 1. The average Bonchev–Trinajstić information content (AvgIpc) is 3.11. The highest BCUT2D eigenvalue weighted by atomic mass is 32.2. The highest BCUT2D eigenvalue weighted by Crippen LogP contribution is 2.28. The zero-order valence-electron chi connectivity index (χ0n) is 13.4. The van der Waals surface area contributed by atoms with Crippen molar-refractivity contribution in [1.29, 1.82) is 0 Å². The summed E-state index contributed by atoms with van der Waals surface area (Å²) >= 11 is 1.47. The molecule has 0 unspecified atom stereocenters. The third-order valence-corrected chi connectivity index (χ3v) is 4.98. The number of primary amides is 1. The first kappa shape index (κ1) is 16.5. The number of likely N-dealkylation sites (tertiary alicyclic amines) is 1. The van der Waals surface area contributed by atoms with Gasteiger partial charge in [0.2, 0.25) is 0 Å². The molecule has 3 rings (SSSR count). The van der Waals surface area contributed by atoms with Crippen molar-refractivity contribution in [2.45, 2.75) is 23.8 Å². The fourth-order valence-electron chi connectivity index (χ4n) is 2.95. The molecule has 126 valence electrons. The lowest BCUT2D eigenvalue weighted by atomic mass is 9.93. The molecule has 1 saturated heterocycles. The SMILES string of the molecule is CSc1ncccc1C(=O)N1CCC(c2cc(C(N)=O)n[nH]2)CC1. The van der Waals surface area contributed by atoms with E-state index in [0.29, 0.717) is 18.7 Å². The second kappa shape index (κ2) is 7.04. The number of aromatic nitrogens is 3. The maximum atomic E-state index is 12.7. The minimum atomic E-state index is -0.536. The molecular weight excluding hydrogens is 326 g/mol. The number of nitrogens with one attached hydrogen (secondary N) is 1. The van der Waals surface area contributed by atoms with Crippen LogP contribution in [0.5, 0.6) is 0 Å². The molecule has 24 heavy (non-hydrogen) atoms. The van der Waals surface area contributed by atoms with Crippen LogP contribution < -0.4 is 5.73 Å². The summed E-state index contributed by atoms with van der Waals surface area (Å²) in [7, 11) is 0. The maximum absolute atomic E-state index is 12.7. The molecule has 8 heteroatoms. The quantitative estimate of drug-likeness (QED) is 0.820. The molecule has 2 aromatic rings. The maximum Gasteiger partial charge on any atom is 0.269 e. The van der Waals surface area contributed by atoms with E-state index in [-0.39, 0.29) is 17.5 Å². The summed E-state index contributed by atoms with van der Waals surface area (Å²) in [6, 6.07) is 5.31. The zero-order chi connectivity index (χ0) is 17.1. The zero-order valence-corrected chi connectivity index (χ0v) is 14.2. The van der Waals surface area contributed by atoms with Gasteiger partial charge in [-0.15, -0.1) is 11.8 Å². The number of H-pyrrole nitrogens is 1. The lowest BCUT2D eigenvalue weighted by Crippen LogP contribution is -2.38. The van der Waals surface area contributed by atoms with Gasteiger partial charge in [0.15, 0.2) is 0 Å². The van der Waals surface area contributed by atoms with Crippen LogP contribution in [-0.2, 0) is 0 Å². The Kier molecular flexibility index (Phi) is 4.84. The van der Waals surface area contributed by atoms with Crippen molar-refractivity contribution in [2.24, 2.45) is 5.73 Å². The number of thioether (sulfide) groups is 1. The predicted octanol–water partition coefficient (Wildman–Crippen LogP) is 1.65. The molecule has 7 nitrogen and oxygen atoms in total. The highest BCUT2D eigenvalue weighted by Gasteiger charge is 2.27. The Morgan fingerprint density at radius 3 is 2.75 bits per heavy atom. The van der Waals surface area contributed by atoms with Crippen LogP contribution in [0.3, 0.4) is 0 Å². The van der Waals surface area contributed by atoms with E-state index in [1.807, 2.05) is 17.2 Å². The largest absolute Gasteiger partial charge is 0.364 e. The van der Waals surface area contributed by atoms with Crippen molar-refractivity contribution in [2.75, 3.05) is 19.3 Å². The van der Waals surface area contributed by atoms with Crippen molar-refractivity contribution in [3.05, 3.63) is 41.3 Å². The van der Waals surface area contributed by atoms with E-state index < -0.39 is 5.91 Å². The van der Waals surface area contributed by atoms with Crippen molar-refractivity contribution in [1.82, 2.24) is 20.1 Å².